The predicted octanol–water partition coefficient (Wildman–Crippen LogP) is 4.47. The molecular weight excluding hydrogens is 658 g/mol. The number of ether oxygens (including phenoxy) is 3. The number of rotatable bonds is 10. The van der Waals surface area contributed by atoms with Crippen molar-refractivity contribution >= 4 is 11.8 Å². The third-order valence-electron chi connectivity index (χ3n) is 11.1. The largest absolute Gasteiger partial charge is 0.491 e. The monoisotopic (exact) mass is 703 g/mol. The van der Waals surface area contributed by atoms with Crippen molar-refractivity contribution in [3.05, 3.63) is 71.0 Å². The Bertz CT molecular complexity index is 2050. The molecule has 3 saturated heterocycles. The van der Waals surface area contributed by atoms with E-state index in [1.165, 1.54) is 0 Å². The third-order valence-corrected chi connectivity index (χ3v) is 11.1. The number of hydrogen-bond acceptors (Lipinski definition) is 10. The number of nitrogens with zero attached hydrogens (tertiary/aromatic N) is 5. The minimum Gasteiger partial charge on any atom is -0.491 e. The van der Waals surface area contributed by atoms with Crippen LogP contribution in [0.25, 0.3) is 33.6 Å². The number of likely N-dealkylation sites (tertiary alicyclic amines) is 2. The van der Waals surface area contributed by atoms with Crippen LogP contribution in [-0.2, 0) is 16.1 Å². The van der Waals surface area contributed by atoms with Gasteiger partial charge in [0.25, 0.3) is 0 Å². The van der Waals surface area contributed by atoms with Gasteiger partial charge in [0.15, 0.2) is 0 Å². The van der Waals surface area contributed by atoms with Crippen molar-refractivity contribution < 1.29 is 23.8 Å². The summed E-state index contributed by atoms with van der Waals surface area (Å²) in [5.74, 6) is 2.07. The first-order valence-electron chi connectivity index (χ1n) is 18.0. The molecule has 3 fully saturated rings. The number of hydrogen-bond donors (Lipinski definition) is 2. The van der Waals surface area contributed by atoms with Gasteiger partial charge < -0.3 is 29.7 Å². The predicted molar refractivity (Wildman–Crippen MR) is 196 cm³/mol. The Labute approximate surface area is 303 Å². The molecule has 2 atom stereocenters. The number of carbonyl (C=O) groups excluding carboxylic acids is 2. The van der Waals surface area contributed by atoms with Crippen LogP contribution in [0.5, 0.6) is 17.5 Å². The number of fused-ring (bicyclic) bond motifs is 1. The first-order valence-corrected chi connectivity index (χ1v) is 18.0. The van der Waals surface area contributed by atoms with Crippen LogP contribution in [0.4, 0.5) is 0 Å². The molecule has 2 aromatic carbocycles. The minimum absolute atomic E-state index is 0.0760. The Hall–Kier alpha value is -5.07. The number of amides is 2. The molecule has 1 spiro atoms. The van der Waals surface area contributed by atoms with Crippen LogP contribution in [0.15, 0.2) is 48.7 Å². The molecule has 4 aliphatic rings. The molecule has 2 N–H and O–H groups in total. The smallest absolute Gasteiger partial charge is 0.237 e. The van der Waals surface area contributed by atoms with Gasteiger partial charge in [0.05, 0.1) is 43.4 Å². The van der Waals surface area contributed by atoms with Crippen LogP contribution in [0, 0.1) is 19.3 Å². The van der Waals surface area contributed by atoms with Gasteiger partial charge in [-0.2, -0.15) is 0 Å². The van der Waals surface area contributed by atoms with Crippen LogP contribution in [0.1, 0.15) is 48.2 Å². The van der Waals surface area contributed by atoms with E-state index in [1.807, 2.05) is 17.2 Å². The molecule has 52 heavy (non-hydrogen) atoms. The van der Waals surface area contributed by atoms with Crippen LogP contribution >= 0.6 is 0 Å². The summed E-state index contributed by atoms with van der Waals surface area (Å²) in [6.07, 6.45) is 3.24. The fourth-order valence-corrected chi connectivity index (χ4v) is 8.40. The van der Waals surface area contributed by atoms with E-state index in [-0.39, 0.29) is 29.3 Å². The molecular formula is C40H45N7O5. The summed E-state index contributed by atoms with van der Waals surface area (Å²) >= 11 is 0. The zero-order valence-electron chi connectivity index (χ0n) is 30.4. The second-order valence-corrected chi connectivity index (χ2v) is 14.7. The number of aromatic nitrogens is 3. The highest BCUT2D eigenvalue weighted by atomic mass is 16.5. The Balaban J connectivity index is 1.02. The molecule has 6 heterocycles. The maximum atomic E-state index is 11.7. The Morgan fingerprint density at radius 2 is 1.62 bits per heavy atom. The fraction of sp³-hybridized carbons (Fsp3) is 0.425. The lowest BCUT2D eigenvalue weighted by atomic mass is 9.73. The van der Waals surface area contributed by atoms with Crippen molar-refractivity contribution in [3.8, 4) is 51.2 Å². The lowest BCUT2D eigenvalue weighted by molar-refractivity contribution is -0.157. The normalized spacial score (nSPS) is 20.2. The molecule has 2 unspecified atom stereocenters. The van der Waals surface area contributed by atoms with E-state index in [1.54, 1.807) is 21.1 Å². The third kappa shape index (κ3) is 6.13. The molecule has 2 aromatic heterocycles. The summed E-state index contributed by atoms with van der Waals surface area (Å²) in [4.78, 5) is 42.3. The maximum absolute atomic E-state index is 11.7. The van der Waals surface area contributed by atoms with Crippen molar-refractivity contribution in [1.29, 1.82) is 0 Å². The van der Waals surface area contributed by atoms with Crippen LogP contribution < -0.4 is 24.8 Å². The first kappa shape index (κ1) is 34.0. The van der Waals surface area contributed by atoms with Gasteiger partial charge in [-0.15, -0.1) is 0 Å². The lowest BCUT2D eigenvalue weighted by Gasteiger charge is -2.60. The molecule has 8 rings (SSSR count). The molecule has 0 radical (unpaired) electrons. The van der Waals surface area contributed by atoms with Crippen molar-refractivity contribution in [2.75, 3.05) is 53.6 Å². The standard InChI is InChI=1S/C40H45N7O5/c1-23-27(8-6-10-29(23)31-14-35-37(39(44-31)51-5)34(18-52-35)41-15-26-12-13-36(49)43-26)28-9-7-11-30(24(28)2)32-16-42-33(38(45-32)50-4)17-46-19-40(20-46)21-47(22-40)25(3)48/h6-11,14,16,26,34,41H,12-13,15,17-22H2,1-5H3,(H,43,49). The highest BCUT2D eigenvalue weighted by Crippen LogP contribution is 2.44. The fourth-order valence-electron chi connectivity index (χ4n) is 8.40. The second-order valence-electron chi connectivity index (χ2n) is 14.7. The van der Waals surface area contributed by atoms with E-state index in [0.29, 0.717) is 37.9 Å². The van der Waals surface area contributed by atoms with Crippen molar-refractivity contribution in [3.63, 3.8) is 0 Å². The van der Waals surface area contributed by atoms with Crippen LogP contribution in [0.3, 0.4) is 0 Å². The van der Waals surface area contributed by atoms with Gasteiger partial charge in [0.1, 0.15) is 18.1 Å². The summed E-state index contributed by atoms with van der Waals surface area (Å²) in [7, 11) is 3.28. The summed E-state index contributed by atoms with van der Waals surface area (Å²) in [5.41, 5.74) is 9.83. The molecule has 0 saturated carbocycles. The number of benzene rings is 2. The molecule has 12 heteroatoms. The van der Waals surface area contributed by atoms with Gasteiger partial charge >= 0.3 is 0 Å². The molecule has 270 valence electrons. The first-order chi connectivity index (χ1) is 25.1. The van der Waals surface area contributed by atoms with E-state index in [9.17, 15) is 9.59 Å². The summed E-state index contributed by atoms with van der Waals surface area (Å²) in [6, 6.07) is 14.6. The van der Waals surface area contributed by atoms with E-state index in [2.05, 4.69) is 65.8 Å². The number of methoxy groups -OCH3 is 2. The highest BCUT2D eigenvalue weighted by Gasteiger charge is 2.52. The summed E-state index contributed by atoms with van der Waals surface area (Å²) < 4.78 is 17.7. The van der Waals surface area contributed by atoms with Crippen molar-refractivity contribution in [2.45, 2.75) is 52.2 Å². The average molecular weight is 704 g/mol. The quantitative estimate of drug-likeness (QED) is 0.244. The zero-order chi connectivity index (χ0) is 36.1. The van der Waals surface area contributed by atoms with Crippen molar-refractivity contribution in [1.82, 2.24) is 35.4 Å². The number of pyridine rings is 1. The molecule has 4 aliphatic heterocycles. The number of nitrogens with one attached hydrogen (secondary N) is 2. The topological polar surface area (TPSA) is 131 Å². The molecule has 2 amide bonds. The van der Waals surface area contributed by atoms with E-state index >= 15 is 0 Å². The Morgan fingerprint density at radius 3 is 2.25 bits per heavy atom. The van der Waals surface area contributed by atoms with Crippen molar-refractivity contribution in [2.24, 2.45) is 5.41 Å². The van der Waals surface area contributed by atoms with Gasteiger partial charge in [-0.3, -0.25) is 19.5 Å². The van der Waals surface area contributed by atoms with Gasteiger partial charge in [0.2, 0.25) is 23.6 Å². The molecule has 0 bridgehead atoms. The highest BCUT2D eigenvalue weighted by molar-refractivity contribution is 5.83. The molecule has 12 nitrogen and oxygen atoms in total. The van der Waals surface area contributed by atoms with Gasteiger partial charge in [-0.05, 0) is 42.5 Å². The van der Waals surface area contributed by atoms with E-state index < -0.39 is 0 Å². The molecule has 0 aliphatic carbocycles. The summed E-state index contributed by atoms with van der Waals surface area (Å²) in [5, 5.41) is 6.56. The minimum atomic E-state index is -0.0760. The van der Waals surface area contributed by atoms with Gasteiger partial charge in [-0.1, -0.05) is 36.4 Å². The Kier molecular flexibility index (Phi) is 8.83. The van der Waals surface area contributed by atoms with Crippen LogP contribution in [-0.4, -0.2) is 96.2 Å². The Morgan fingerprint density at radius 1 is 0.962 bits per heavy atom. The maximum Gasteiger partial charge on any atom is 0.237 e. The van der Waals surface area contributed by atoms with Gasteiger partial charge in [0, 0.05) is 81.3 Å². The van der Waals surface area contributed by atoms with Crippen LogP contribution in [0.2, 0.25) is 0 Å². The van der Waals surface area contributed by atoms with E-state index in [4.69, 9.17) is 29.2 Å². The lowest BCUT2D eigenvalue weighted by Crippen LogP contribution is -2.72. The van der Waals surface area contributed by atoms with Gasteiger partial charge in [-0.25, -0.2) is 9.97 Å². The SMILES string of the molecule is COc1nc(-c2cccc(-c3cccc(-c4cc5c(c(OC)n4)C(NCC4CCC(=O)N4)CO5)c3C)c2C)cnc1CN1CC2(C1)CN(C(C)=O)C2. The summed E-state index contributed by atoms with van der Waals surface area (Å²) in [6.45, 7) is 11.2. The zero-order valence-corrected chi connectivity index (χ0v) is 30.4. The van der Waals surface area contributed by atoms with E-state index in [0.717, 1.165) is 94.4 Å². The average Bonchev–Trinajstić information content (AvgIpc) is 3.73. The molecule has 4 aromatic rings. The number of carbonyl (C=O) groups is 2. The second kappa shape index (κ2) is 13.5.